The summed E-state index contributed by atoms with van der Waals surface area (Å²) in [5.41, 5.74) is 0. The average molecular weight is 345 g/mol. The number of nitrogens with one attached hydrogen (secondary N) is 2. The summed E-state index contributed by atoms with van der Waals surface area (Å²) in [5.74, 6) is 0.326. The lowest BCUT2D eigenvalue weighted by molar-refractivity contribution is -0.121. The van der Waals surface area contributed by atoms with Crippen molar-refractivity contribution in [2.24, 2.45) is 5.92 Å². The van der Waals surface area contributed by atoms with Gasteiger partial charge in [0, 0.05) is 12.6 Å². The lowest BCUT2D eigenvalue weighted by Crippen LogP contribution is -2.47. The van der Waals surface area contributed by atoms with Gasteiger partial charge in [-0.05, 0) is 32.2 Å². The fraction of sp³-hybridized carbons (Fsp3) is 0.867. The number of urea groups is 1. The van der Waals surface area contributed by atoms with Gasteiger partial charge in [0.15, 0.2) is 9.84 Å². The first kappa shape index (κ1) is 18.2. The number of carbonyl (C=O) groups is 2. The molecule has 0 bridgehead atoms. The third-order valence-electron chi connectivity index (χ3n) is 4.53. The number of amides is 3. The van der Waals surface area contributed by atoms with Crippen LogP contribution in [-0.4, -0.2) is 62.9 Å². The zero-order valence-corrected chi connectivity index (χ0v) is 14.5. The molecule has 0 radical (unpaired) electrons. The fourth-order valence-electron chi connectivity index (χ4n) is 3.42. The Labute approximate surface area is 138 Å². The van der Waals surface area contributed by atoms with Crippen LogP contribution in [0.3, 0.4) is 0 Å². The van der Waals surface area contributed by atoms with Gasteiger partial charge in [-0.25, -0.2) is 13.2 Å². The maximum absolute atomic E-state index is 11.9. The van der Waals surface area contributed by atoms with Crippen LogP contribution in [0.4, 0.5) is 4.79 Å². The van der Waals surface area contributed by atoms with Gasteiger partial charge < -0.3 is 5.32 Å². The first-order chi connectivity index (χ1) is 10.8. The van der Waals surface area contributed by atoms with E-state index in [0.29, 0.717) is 12.3 Å². The molecule has 1 aliphatic heterocycles. The van der Waals surface area contributed by atoms with Crippen LogP contribution in [0.15, 0.2) is 0 Å². The molecule has 1 saturated heterocycles. The smallest absolute Gasteiger partial charge is 0.321 e. The highest BCUT2D eigenvalue weighted by Crippen LogP contribution is 2.23. The van der Waals surface area contributed by atoms with Gasteiger partial charge in [0.25, 0.3) is 0 Å². The lowest BCUT2D eigenvalue weighted by Gasteiger charge is -2.26. The topological polar surface area (TPSA) is 95.6 Å². The molecule has 8 heteroatoms. The Balaban J connectivity index is 1.66. The second-order valence-electron chi connectivity index (χ2n) is 6.82. The van der Waals surface area contributed by atoms with Crippen molar-refractivity contribution in [2.45, 2.75) is 44.6 Å². The standard InChI is InChI=1S/C15H27N3O4S/c1-18(9-12-5-3-2-4-6-12)10-14(19)17-15(20)16-13-7-8-23(21,22)11-13/h12-13H,2-11H2,1H3,(H2,16,17,19,20)/t13-/m1/s1. The third kappa shape index (κ3) is 6.47. The summed E-state index contributed by atoms with van der Waals surface area (Å²) in [6, 6.07) is -1.00. The Hall–Kier alpha value is -1.15. The van der Waals surface area contributed by atoms with Gasteiger partial charge in [-0.2, -0.15) is 0 Å². The Morgan fingerprint density at radius 3 is 2.43 bits per heavy atom. The number of likely N-dealkylation sites (N-methyl/N-ethyl adjacent to an activating group) is 1. The summed E-state index contributed by atoms with van der Waals surface area (Å²) in [5, 5.41) is 4.83. The second-order valence-corrected chi connectivity index (χ2v) is 9.05. The van der Waals surface area contributed by atoms with Crippen LogP contribution >= 0.6 is 0 Å². The minimum atomic E-state index is -3.04. The van der Waals surface area contributed by atoms with Gasteiger partial charge in [-0.3, -0.25) is 15.0 Å². The highest BCUT2D eigenvalue weighted by atomic mass is 32.2. The molecular weight excluding hydrogens is 318 g/mol. The van der Waals surface area contributed by atoms with Crippen LogP contribution in [0.25, 0.3) is 0 Å². The molecule has 0 spiro atoms. The molecule has 2 N–H and O–H groups in total. The number of imide groups is 1. The van der Waals surface area contributed by atoms with Crippen LogP contribution in [-0.2, 0) is 14.6 Å². The van der Waals surface area contributed by atoms with Crippen molar-refractivity contribution in [3.05, 3.63) is 0 Å². The van der Waals surface area contributed by atoms with Crippen molar-refractivity contribution in [1.82, 2.24) is 15.5 Å². The first-order valence-electron chi connectivity index (χ1n) is 8.33. The Bertz CT molecular complexity index is 529. The summed E-state index contributed by atoms with van der Waals surface area (Å²) in [6.07, 6.45) is 6.66. The maximum Gasteiger partial charge on any atom is 0.321 e. The predicted molar refractivity (Wildman–Crippen MR) is 87.8 cm³/mol. The molecular formula is C15H27N3O4S. The minimum Gasteiger partial charge on any atom is -0.334 e. The van der Waals surface area contributed by atoms with Gasteiger partial charge in [0.05, 0.1) is 18.1 Å². The van der Waals surface area contributed by atoms with Crippen LogP contribution in [0.1, 0.15) is 38.5 Å². The minimum absolute atomic E-state index is 0.0454. The summed E-state index contributed by atoms with van der Waals surface area (Å²) >= 11 is 0. The summed E-state index contributed by atoms with van der Waals surface area (Å²) in [7, 11) is -1.16. The normalized spacial score (nSPS) is 24.5. The molecule has 0 aromatic heterocycles. The van der Waals surface area contributed by atoms with E-state index in [2.05, 4.69) is 10.6 Å². The maximum atomic E-state index is 11.9. The molecule has 0 unspecified atom stereocenters. The molecule has 1 heterocycles. The Morgan fingerprint density at radius 1 is 1.13 bits per heavy atom. The number of sulfone groups is 1. The zero-order chi connectivity index (χ0) is 16.9. The van der Waals surface area contributed by atoms with E-state index in [4.69, 9.17) is 0 Å². The first-order valence-corrected chi connectivity index (χ1v) is 10.2. The fourth-order valence-corrected chi connectivity index (χ4v) is 5.09. The zero-order valence-electron chi connectivity index (χ0n) is 13.7. The van der Waals surface area contributed by atoms with E-state index in [1.54, 1.807) is 0 Å². The number of carbonyl (C=O) groups excluding carboxylic acids is 2. The number of rotatable bonds is 5. The molecule has 2 rings (SSSR count). The van der Waals surface area contributed by atoms with Crippen molar-refractivity contribution in [1.29, 1.82) is 0 Å². The van der Waals surface area contributed by atoms with E-state index < -0.39 is 21.9 Å². The average Bonchev–Trinajstić information content (AvgIpc) is 2.78. The number of hydrogen-bond donors (Lipinski definition) is 2. The second kappa shape index (κ2) is 8.10. The molecule has 3 amide bonds. The van der Waals surface area contributed by atoms with E-state index >= 15 is 0 Å². The van der Waals surface area contributed by atoms with Gasteiger partial charge in [-0.1, -0.05) is 19.3 Å². The van der Waals surface area contributed by atoms with Crippen LogP contribution in [0.5, 0.6) is 0 Å². The van der Waals surface area contributed by atoms with Crippen molar-refractivity contribution >= 4 is 21.8 Å². The van der Waals surface area contributed by atoms with Gasteiger partial charge in [0.2, 0.25) is 5.91 Å². The van der Waals surface area contributed by atoms with E-state index in [1.807, 2.05) is 11.9 Å². The van der Waals surface area contributed by atoms with Gasteiger partial charge in [0.1, 0.15) is 0 Å². The summed E-state index contributed by atoms with van der Waals surface area (Å²) in [4.78, 5) is 25.6. The quantitative estimate of drug-likeness (QED) is 0.757. The molecule has 1 aliphatic carbocycles. The van der Waals surface area contributed by atoms with Gasteiger partial charge >= 0.3 is 6.03 Å². The third-order valence-corrected chi connectivity index (χ3v) is 6.30. The van der Waals surface area contributed by atoms with Crippen LogP contribution in [0, 0.1) is 5.92 Å². The summed E-state index contributed by atoms with van der Waals surface area (Å²) < 4.78 is 22.7. The molecule has 7 nitrogen and oxygen atoms in total. The van der Waals surface area contributed by atoms with Crippen LogP contribution in [0.2, 0.25) is 0 Å². The molecule has 1 atom stereocenters. The molecule has 2 aliphatic rings. The van der Waals surface area contributed by atoms with E-state index in [-0.39, 0.29) is 24.0 Å². The van der Waals surface area contributed by atoms with E-state index in [0.717, 1.165) is 6.54 Å². The number of nitrogens with zero attached hydrogens (tertiary/aromatic N) is 1. The van der Waals surface area contributed by atoms with Crippen molar-refractivity contribution in [2.75, 3.05) is 31.6 Å². The highest BCUT2D eigenvalue weighted by Gasteiger charge is 2.29. The van der Waals surface area contributed by atoms with Crippen molar-refractivity contribution < 1.29 is 18.0 Å². The molecule has 23 heavy (non-hydrogen) atoms. The Morgan fingerprint density at radius 2 is 1.83 bits per heavy atom. The predicted octanol–water partition coefficient (Wildman–Crippen LogP) is 0.511. The SMILES string of the molecule is CN(CC(=O)NC(=O)N[C@@H]1CCS(=O)(=O)C1)CC1CCCCC1. The van der Waals surface area contributed by atoms with E-state index in [9.17, 15) is 18.0 Å². The van der Waals surface area contributed by atoms with Gasteiger partial charge in [-0.15, -0.1) is 0 Å². The molecule has 132 valence electrons. The van der Waals surface area contributed by atoms with Crippen LogP contribution < -0.4 is 10.6 Å². The Kier molecular flexibility index (Phi) is 6.41. The number of hydrogen-bond acceptors (Lipinski definition) is 5. The lowest BCUT2D eigenvalue weighted by atomic mass is 9.89. The molecule has 0 aromatic rings. The largest absolute Gasteiger partial charge is 0.334 e. The van der Waals surface area contributed by atoms with Crippen molar-refractivity contribution in [3.63, 3.8) is 0 Å². The highest BCUT2D eigenvalue weighted by molar-refractivity contribution is 7.91. The summed E-state index contributed by atoms with van der Waals surface area (Å²) in [6.45, 7) is 1.04. The molecule has 2 fully saturated rings. The molecule has 1 saturated carbocycles. The van der Waals surface area contributed by atoms with Crippen molar-refractivity contribution in [3.8, 4) is 0 Å². The molecule has 0 aromatic carbocycles. The van der Waals surface area contributed by atoms with E-state index in [1.165, 1.54) is 32.1 Å². The monoisotopic (exact) mass is 345 g/mol.